The van der Waals surface area contributed by atoms with Crippen molar-refractivity contribution in [2.45, 2.75) is 6.92 Å². The molecule has 0 spiro atoms. The normalized spacial score (nSPS) is 9.97. The molecule has 0 amide bonds. The zero-order valence-corrected chi connectivity index (χ0v) is 15.8. The smallest absolute Gasteiger partial charge is 0.343 e. The van der Waals surface area contributed by atoms with E-state index in [1.807, 2.05) is 25.1 Å². The number of hydrogen-bond donors (Lipinski definition) is 0. The van der Waals surface area contributed by atoms with Gasteiger partial charge in [-0.25, -0.2) is 9.59 Å². The molecular weight excluding hydrogens is 370 g/mol. The minimum absolute atomic E-state index is 0.161. The molecule has 6 heteroatoms. The fraction of sp³-hybridized carbons (Fsp3) is 0.0870. The second-order valence-electron chi connectivity index (χ2n) is 6.15. The van der Waals surface area contributed by atoms with E-state index in [0.717, 1.165) is 5.56 Å². The predicted molar refractivity (Wildman–Crippen MR) is 105 cm³/mol. The van der Waals surface area contributed by atoms with E-state index in [1.165, 1.54) is 49.6 Å². The first-order valence-electron chi connectivity index (χ1n) is 8.69. The Morgan fingerprint density at radius 3 is 2.03 bits per heavy atom. The third kappa shape index (κ3) is 4.79. The molecule has 0 aliphatic carbocycles. The summed E-state index contributed by atoms with van der Waals surface area (Å²) in [6.45, 7) is 1.94. The first kappa shape index (κ1) is 19.6. The molecule has 3 rings (SSSR count). The lowest BCUT2D eigenvalue weighted by atomic mass is 10.1. The Bertz CT molecular complexity index is 1080. The van der Waals surface area contributed by atoms with Crippen LogP contribution in [-0.4, -0.2) is 19.0 Å². The average Bonchev–Trinajstić information content (AvgIpc) is 2.75. The minimum atomic E-state index is -0.609. The quantitative estimate of drug-likeness (QED) is 0.479. The minimum Gasteiger partial charge on any atom is -0.493 e. The van der Waals surface area contributed by atoms with Gasteiger partial charge in [0.2, 0.25) is 0 Å². The van der Waals surface area contributed by atoms with Crippen molar-refractivity contribution in [1.82, 2.24) is 0 Å². The van der Waals surface area contributed by atoms with Crippen molar-refractivity contribution in [3.05, 3.63) is 89.0 Å². The summed E-state index contributed by atoms with van der Waals surface area (Å²) in [6, 6.07) is 19.5. The van der Waals surface area contributed by atoms with Gasteiger partial charge in [0.15, 0.2) is 11.5 Å². The number of methoxy groups -OCH3 is 1. The number of benzene rings is 3. The summed E-state index contributed by atoms with van der Waals surface area (Å²) in [5.41, 5.74) is 2.03. The Hall–Kier alpha value is -4.11. The summed E-state index contributed by atoms with van der Waals surface area (Å²) < 4.78 is 15.9. The molecule has 0 N–H and O–H groups in total. The SMILES string of the molecule is COc1cc(C(=O)Oc2ccc(C)cc2)ccc1OC(=O)c1ccc(C#N)cc1. The Morgan fingerprint density at radius 2 is 1.41 bits per heavy atom. The fourth-order valence-electron chi connectivity index (χ4n) is 2.49. The Morgan fingerprint density at radius 1 is 0.793 bits per heavy atom. The van der Waals surface area contributed by atoms with E-state index in [-0.39, 0.29) is 22.6 Å². The topological polar surface area (TPSA) is 85.6 Å². The maximum Gasteiger partial charge on any atom is 0.343 e. The number of esters is 2. The monoisotopic (exact) mass is 387 g/mol. The van der Waals surface area contributed by atoms with Gasteiger partial charge in [-0.2, -0.15) is 5.26 Å². The lowest BCUT2D eigenvalue weighted by molar-refractivity contribution is 0.0728. The first-order valence-corrected chi connectivity index (χ1v) is 8.69. The van der Waals surface area contributed by atoms with Crippen molar-refractivity contribution in [3.8, 4) is 23.3 Å². The zero-order valence-electron chi connectivity index (χ0n) is 15.8. The largest absolute Gasteiger partial charge is 0.493 e. The number of ether oxygens (including phenoxy) is 3. The summed E-state index contributed by atoms with van der Waals surface area (Å²) in [5, 5.41) is 8.83. The van der Waals surface area contributed by atoms with Crippen LogP contribution in [0.2, 0.25) is 0 Å². The first-order chi connectivity index (χ1) is 14.0. The number of aryl methyl sites for hydroxylation is 1. The molecule has 0 heterocycles. The molecule has 3 aromatic carbocycles. The number of carbonyl (C=O) groups is 2. The van der Waals surface area contributed by atoms with E-state index < -0.39 is 11.9 Å². The number of rotatable bonds is 5. The van der Waals surface area contributed by atoms with Crippen molar-refractivity contribution < 1.29 is 23.8 Å². The molecule has 6 nitrogen and oxygen atoms in total. The Balaban J connectivity index is 1.75. The predicted octanol–water partition coefficient (Wildman–Crippen LogP) is 4.31. The summed E-state index contributed by atoms with van der Waals surface area (Å²) in [5.74, 6) is -0.366. The highest BCUT2D eigenvalue weighted by Crippen LogP contribution is 2.29. The molecule has 3 aromatic rings. The van der Waals surface area contributed by atoms with Crippen LogP contribution in [0.1, 0.15) is 31.8 Å². The third-order valence-corrected chi connectivity index (χ3v) is 4.08. The van der Waals surface area contributed by atoms with E-state index >= 15 is 0 Å². The van der Waals surface area contributed by atoms with Crippen LogP contribution in [0.25, 0.3) is 0 Å². The zero-order chi connectivity index (χ0) is 20.8. The van der Waals surface area contributed by atoms with Crippen LogP contribution in [0, 0.1) is 18.3 Å². The van der Waals surface area contributed by atoms with Crippen molar-refractivity contribution in [3.63, 3.8) is 0 Å². The molecule has 0 bridgehead atoms. The maximum absolute atomic E-state index is 12.4. The molecular formula is C23H17NO5. The number of nitriles is 1. The molecule has 144 valence electrons. The van der Waals surface area contributed by atoms with Crippen LogP contribution in [0.3, 0.4) is 0 Å². The van der Waals surface area contributed by atoms with Gasteiger partial charge in [0.05, 0.1) is 29.9 Å². The summed E-state index contributed by atoms with van der Waals surface area (Å²) in [6.07, 6.45) is 0. The highest BCUT2D eigenvalue weighted by molar-refractivity contribution is 5.93. The van der Waals surface area contributed by atoms with Gasteiger partial charge in [-0.05, 0) is 61.5 Å². The van der Waals surface area contributed by atoms with Crippen LogP contribution in [-0.2, 0) is 0 Å². The van der Waals surface area contributed by atoms with Gasteiger partial charge in [-0.3, -0.25) is 0 Å². The molecule has 29 heavy (non-hydrogen) atoms. The van der Waals surface area contributed by atoms with Crippen molar-refractivity contribution in [2.75, 3.05) is 7.11 Å². The number of hydrogen-bond acceptors (Lipinski definition) is 6. The van der Waals surface area contributed by atoms with Crippen molar-refractivity contribution in [1.29, 1.82) is 5.26 Å². The van der Waals surface area contributed by atoms with Gasteiger partial charge in [-0.15, -0.1) is 0 Å². The van der Waals surface area contributed by atoms with E-state index in [0.29, 0.717) is 11.3 Å². The van der Waals surface area contributed by atoms with Crippen molar-refractivity contribution in [2.24, 2.45) is 0 Å². The van der Waals surface area contributed by atoms with Crippen LogP contribution in [0.15, 0.2) is 66.7 Å². The highest BCUT2D eigenvalue weighted by atomic mass is 16.6. The lowest BCUT2D eigenvalue weighted by Gasteiger charge is -2.11. The third-order valence-electron chi connectivity index (χ3n) is 4.08. The summed E-state index contributed by atoms with van der Waals surface area (Å²) in [7, 11) is 1.41. The lowest BCUT2D eigenvalue weighted by Crippen LogP contribution is -2.11. The average molecular weight is 387 g/mol. The molecule has 0 aliphatic heterocycles. The molecule has 0 fully saturated rings. The van der Waals surface area contributed by atoms with E-state index in [4.69, 9.17) is 19.5 Å². The summed E-state index contributed by atoms with van der Waals surface area (Å²) >= 11 is 0. The van der Waals surface area contributed by atoms with Gasteiger partial charge >= 0.3 is 11.9 Å². The number of nitrogens with zero attached hydrogens (tertiary/aromatic N) is 1. The van der Waals surface area contributed by atoms with Gasteiger partial charge in [0, 0.05) is 0 Å². The fourth-order valence-corrected chi connectivity index (χ4v) is 2.49. The van der Waals surface area contributed by atoms with Gasteiger partial charge in [0.25, 0.3) is 0 Å². The molecule has 0 atom stereocenters. The van der Waals surface area contributed by atoms with E-state index in [2.05, 4.69) is 0 Å². The molecule has 0 unspecified atom stereocenters. The van der Waals surface area contributed by atoms with Gasteiger partial charge < -0.3 is 14.2 Å². The second-order valence-corrected chi connectivity index (χ2v) is 6.15. The van der Waals surface area contributed by atoms with E-state index in [9.17, 15) is 9.59 Å². The molecule has 0 aliphatic rings. The molecule has 0 radical (unpaired) electrons. The molecule has 0 saturated heterocycles. The van der Waals surface area contributed by atoms with Crippen LogP contribution >= 0.6 is 0 Å². The van der Waals surface area contributed by atoms with Crippen LogP contribution < -0.4 is 14.2 Å². The highest BCUT2D eigenvalue weighted by Gasteiger charge is 2.16. The van der Waals surface area contributed by atoms with E-state index in [1.54, 1.807) is 12.1 Å². The van der Waals surface area contributed by atoms with Gasteiger partial charge in [0.1, 0.15) is 5.75 Å². The standard InChI is InChI=1S/C23H17NO5/c1-15-3-10-19(11-4-15)28-23(26)18-9-12-20(21(13-18)27-2)29-22(25)17-7-5-16(14-24)6-8-17/h3-13H,1-2H3. The van der Waals surface area contributed by atoms with Crippen LogP contribution in [0.4, 0.5) is 0 Å². The van der Waals surface area contributed by atoms with Crippen molar-refractivity contribution >= 4 is 11.9 Å². The Kier molecular flexibility index (Phi) is 5.91. The molecule has 0 aromatic heterocycles. The number of carbonyl (C=O) groups excluding carboxylic acids is 2. The second kappa shape index (κ2) is 8.72. The maximum atomic E-state index is 12.4. The summed E-state index contributed by atoms with van der Waals surface area (Å²) in [4.78, 5) is 24.7. The van der Waals surface area contributed by atoms with Gasteiger partial charge in [-0.1, -0.05) is 17.7 Å². The molecule has 0 saturated carbocycles. The Labute approximate surface area is 167 Å². The van der Waals surface area contributed by atoms with Crippen LogP contribution in [0.5, 0.6) is 17.2 Å².